The van der Waals surface area contributed by atoms with Crippen molar-refractivity contribution in [1.29, 1.82) is 0 Å². The number of nitrogens with two attached hydrogens (primary N) is 2. The van der Waals surface area contributed by atoms with Crippen molar-refractivity contribution < 1.29 is 0 Å². The quantitative estimate of drug-likeness (QED) is 0.837. The maximum absolute atomic E-state index is 6.25. The van der Waals surface area contributed by atoms with E-state index >= 15 is 0 Å². The van der Waals surface area contributed by atoms with E-state index in [9.17, 15) is 0 Å². The molecule has 0 radical (unpaired) electrons. The van der Waals surface area contributed by atoms with Gasteiger partial charge in [0.05, 0.1) is 6.04 Å². The summed E-state index contributed by atoms with van der Waals surface area (Å²) < 4.78 is 0. The van der Waals surface area contributed by atoms with Crippen molar-refractivity contribution in [2.75, 3.05) is 5.73 Å². The van der Waals surface area contributed by atoms with Crippen LogP contribution in [-0.2, 0) is 0 Å². The number of aryl methyl sites for hydroxylation is 2. The number of hydrogen-bond donors (Lipinski definition) is 2. The van der Waals surface area contributed by atoms with Gasteiger partial charge in [0.25, 0.3) is 0 Å². The van der Waals surface area contributed by atoms with Gasteiger partial charge >= 0.3 is 0 Å². The van der Waals surface area contributed by atoms with Crippen molar-refractivity contribution >= 4 is 17.2 Å². The van der Waals surface area contributed by atoms with E-state index in [1.165, 1.54) is 5.56 Å². The molecule has 4 heteroatoms. The zero-order valence-corrected chi connectivity index (χ0v) is 10.2. The van der Waals surface area contributed by atoms with Crippen LogP contribution in [0.3, 0.4) is 0 Å². The van der Waals surface area contributed by atoms with Gasteiger partial charge < -0.3 is 11.5 Å². The predicted octanol–water partition coefficient (Wildman–Crippen LogP) is 2.39. The van der Waals surface area contributed by atoms with Crippen molar-refractivity contribution in [1.82, 2.24) is 4.98 Å². The smallest absolute Gasteiger partial charge is 0.128 e. The largest absolute Gasteiger partial charge is 0.383 e. The van der Waals surface area contributed by atoms with Crippen LogP contribution < -0.4 is 11.5 Å². The molecular weight excluding hydrogens is 218 g/mol. The summed E-state index contributed by atoms with van der Waals surface area (Å²) in [7, 11) is 0. The zero-order chi connectivity index (χ0) is 11.7. The van der Waals surface area contributed by atoms with Gasteiger partial charge in [-0.3, -0.25) is 0 Å². The fraction of sp³-hybridized carbons (Fsp3) is 0.250. The minimum atomic E-state index is -0.181. The molecule has 0 amide bonds. The number of pyridine rings is 1. The molecule has 0 bridgehead atoms. The highest BCUT2D eigenvalue weighted by atomic mass is 32.1. The highest BCUT2D eigenvalue weighted by Gasteiger charge is 2.17. The number of nitrogen functional groups attached to an aromatic ring is 1. The number of nitrogens with zero attached hydrogens (tertiary/aromatic N) is 1. The van der Waals surface area contributed by atoms with Crippen LogP contribution in [0.2, 0.25) is 0 Å². The number of aromatic nitrogens is 1. The van der Waals surface area contributed by atoms with Gasteiger partial charge in [-0.25, -0.2) is 4.98 Å². The third-order valence-corrected chi connectivity index (χ3v) is 3.66. The van der Waals surface area contributed by atoms with Gasteiger partial charge in [0.15, 0.2) is 0 Å². The summed E-state index contributed by atoms with van der Waals surface area (Å²) in [6.45, 7) is 4.07. The average Bonchev–Trinajstić information content (AvgIpc) is 2.64. The molecule has 0 aliphatic rings. The molecule has 2 rings (SSSR count). The summed E-state index contributed by atoms with van der Waals surface area (Å²) in [5.41, 5.74) is 16.5. The molecule has 1 unspecified atom stereocenters. The molecule has 2 aromatic heterocycles. The minimum absolute atomic E-state index is 0.181. The maximum Gasteiger partial charge on any atom is 0.128 e. The summed E-state index contributed by atoms with van der Waals surface area (Å²) in [4.78, 5) is 4.10. The number of thiophene rings is 1. The van der Waals surface area contributed by atoms with E-state index in [1.54, 1.807) is 17.5 Å². The molecule has 0 saturated carbocycles. The molecule has 4 N–H and O–H groups in total. The third-order valence-electron chi connectivity index (χ3n) is 2.78. The van der Waals surface area contributed by atoms with Crippen LogP contribution in [0.25, 0.3) is 0 Å². The van der Waals surface area contributed by atoms with E-state index in [4.69, 9.17) is 11.5 Å². The van der Waals surface area contributed by atoms with E-state index in [0.29, 0.717) is 5.82 Å². The predicted molar refractivity (Wildman–Crippen MR) is 68.5 cm³/mol. The van der Waals surface area contributed by atoms with Gasteiger partial charge in [0, 0.05) is 11.8 Å². The Morgan fingerprint density at radius 1 is 1.25 bits per heavy atom. The molecule has 84 valence electrons. The normalized spacial score (nSPS) is 12.7. The van der Waals surface area contributed by atoms with Gasteiger partial charge in [0.1, 0.15) is 5.82 Å². The lowest BCUT2D eigenvalue weighted by Crippen LogP contribution is -2.16. The lowest BCUT2D eigenvalue weighted by molar-refractivity contribution is 0.854. The Morgan fingerprint density at radius 2 is 2.00 bits per heavy atom. The number of anilines is 1. The molecule has 1 atom stereocenters. The SMILES string of the molecule is Cc1cscc1C(N)c1c(C)ccnc1N. The van der Waals surface area contributed by atoms with Crippen LogP contribution in [0, 0.1) is 13.8 Å². The number of rotatable bonds is 2. The Bertz CT molecular complexity index is 484. The monoisotopic (exact) mass is 233 g/mol. The first-order chi connectivity index (χ1) is 7.61. The van der Waals surface area contributed by atoms with Gasteiger partial charge in [-0.1, -0.05) is 0 Å². The summed E-state index contributed by atoms with van der Waals surface area (Å²) in [5, 5.41) is 4.17. The molecule has 2 heterocycles. The molecule has 3 nitrogen and oxygen atoms in total. The Balaban J connectivity index is 2.49. The Kier molecular flexibility index (Phi) is 2.94. The molecule has 16 heavy (non-hydrogen) atoms. The summed E-state index contributed by atoms with van der Waals surface area (Å²) in [6.07, 6.45) is 1.71. The lowest BCUT2D eigenvalue weighted by Gasteiger charge is -2.16. The molecule has 2 aromatic rings. The average molecular weight is 233 g/mol. The lowest BCUT2D eigenvalue weighted by atomic mass is 9.96. The van der Waals surface area contributed by atoms with Gasteiger partial charge in [-0.15, -0.1) is 0 Å². The second-order valence-corrected chi connectivity index (χ2v) is 4.66. The van der Waals surface area contributed by atoms with Crippen LogP contribution in [0.1, 0.15) is 28.3 Å². The van der Waals surface area contributed by atoms with Crippen molar-refractivity contribution in [3.05, 3.63) is 45.3 Å². The second kappa shape index (κ2) is 4.23. The first-order valence-electron chi connectivity index (χ1n) is 5.10. The highest BCUT2D eigenvalue weighted by molar-refractivity contribution is 7.08. The summed E-state index contributed by atoms with van der Waals surface area (Å²) >= 11 is 1.66. The standard InChI is InChI=1S/C12H15N3S/c1-7-3-4-15-12(14)10(7)11(13)9-6-16-5-8(9)2/h3-6,11H,13H2,1-2H3,(H2,14,15). The molecule has 0 fully saturated rings. The van der Waals surface area contributed by atoms with Gasteiger partial charge in [0.2, 0.25) is 0 Å². The topological polar surface area (TPSA) is 64.9 Å². The van der Waals surface area contributed by atoms with Crippen LogP contribution in [0.15, 0.2) is 23.0 Å². The molecular formula is C12H15N3S. The molecule has 0 saturated heterocycles. The molecule has 0 spiro atoms. The summed E-state index contributed by atoms with van der Waals surface area (Å²) in [6, 6.07) is 1.76. The van der Waals surface area contributed by atoms with Crippen molar-refractivity contribution in [3.8, 4) is 0 Å². The first-order valence-corrected chi connectivity index (χ1v) is 6.04. The maximum atomic E-state index is 6.25. The highest BCUT2D eigenvalue weighted by Crippen LogP contribution is 2.29. The fourth-order valence-electron chi connectivity index (χ4n) is 1.84. The van der Waals surface area contributed by atoms with E-state index in [1.807, 2.05) is 13.0 Å². The Labute approximate surface area is 99.1 Å². The Hall–Kier alpha value is -1.39. The summed E-state index contributed by atoms with van der Waals surface area (Å²) in [5.74, 6) is 0.526. The van der Waals surface area contributed by atoms with Crippen LogP contribution in [-0.4, -0.2) is 4.98 Å². The molecule has 0 aliphatic heterocycles. The molecule has 0 aliphatic carbocycles. The van der Waals surface area contributed by atoms with Gasteiger partial charge in [-0.2, -0.15) is 11.3 Å². The third kappa shape index (κ3) is 1.81. The van der Waals surface area contributed by atoms with Crippen molar-refractivity contribution in [2.24, 2.45) is 5.73 Å². The van der Waals surface area contributed by atoms with E-state index < -0.39 is 0 Å². The minimum Gasteiger partial charge on any atom is -0.383 e. The second-order valence-electron chi connectivity index (χ2n) is 3.91. The van der Waals surface area contributed by atoms with Gasteiger partial charge in [-0.05, 0) is 47.4 Å². The number of hydrogen-bond acceptors (Lipinski definition) is 4. The van der Waals surface area contributed by atoms with Crippen LogP contribution >= 0.6 is 11.3 Å². The van der Waals surface area contributed by atoms with E-state index in [0.717, 1.165) is 16.7 Å². The van der Waals surface area contributed by atoms with Crippen molar-refractivity contribution in [3.63, 3.8) is 0 Å². The van der Waals surface area contributed by atoms with E-state index in [2.05, 4.69) is 22.7 Å². The van der Waals surface area contributed by atoms with Crippen molar-refractivity contribution in [2.45, 2.75) is 19.9 Å². The zero-order valence-electron chi connectivity index (χ0n) is 9.40. The molecule has 0 aromatic carbocycles. The first kappa shape index (κ1) is 11.1. The van der Waals surface area contributed by atoms with E-state index in [-0.39, 0.29) is 6.04 Å². The van der Waals surface area contributed by atoms with Crippen LogP contribution in [0.5, 0.6) is 0 Å². The van der Waals surface area contributed by atoms with Crippen LogP contribution in [0.4, 0.5) is 5.82 Å². The Morgan fingerprint density at radius 3 is 2.56 bits per heavy atom. The fourth-order valence-corrected chi connectivity index (χ4v) is 2.73.